The molecule has 0 radical (unpaired) electrons. The van der Waals surface area contributed by atoms with E-state index < -0.39 is 0 Å². The van der Waals surface area contributed by atoms with Crippen molar-refractivity contribution in [3.05, 3.63) is 69.7 Å². The van der Waals surface area contributed by atoms with Crippen LogP contribution in [0.2, 0.25) is 10.0 Å². The molecule has 6 heteroatoms. The Bertz CT molecular complexity index is 625. The number of hydrogen-bond donors (Lipinski definition) is 0. The molecule has 0 atom stereocenters. The molecule has 2 nitrogen and oxygen atoms in total. The number of hydrogen-bond acceptors (Lipinski definition) is 4. The normalized spacial score (nSPS) is 10.0. The number of nitriles is 1. The smallest absolute Gasteiger partial charge is 0.170 e. The molecule has 0 aliphatic carbocycles. The zero-order valence-corrected chi connectivity index (χ0v) is 14.6. The van der Waals surface area contributed by atoms with E-state index in [1.165, 1.54) is 0 Å². The first kappa shape index (κ1) is 17.2. The average molecular weight is 367 g/mol. The molecule has 0 N–H and O–H groups in total. The van der Waals surface area contributed by atoms with Crippen molar-refractivity contribution in [2.75, 3.05) is 0 Å². The fourth-order valence-electron chi connectivity index (χ4n) is 1.60. The minimum absolute atomic E-state index is 0.719. The number of rotatable bonds is 4. The van der Waals surface area contributed by atoms with Gasteiger partial charge in [0.2, 0.25) is 6.19 Å². The molecule has 112 valence electrons. The van der Waals surface area contributed by atoms with Crippen LogP contribution in [0.1, 0.15) is 11.1 Å². The maximum atomic E-state index is 8.80. The van der Waals surface area contributed by atoms with Crippen LogP contribution in [0.25, 0.3) is 0 Å². The van der Waals surface area contributed by atoms with Crippen molar-refractivity contribution < 1.29 is 0 Å². The Kier molecular flexibility index (Phi) is 7.14. The van der Waals surface area contributed by atoms with E-state index in [4.69, 9.17) is 28.5 Å². The first-order chi connectivity index (χ1) is 10.7. The van der Waals surface area contributed by atoms with Crippen LogP contribution >= 0.6 is 46.7 Å². The molecule has 2 aromatic rings. The zero-order valence-electron chi connectivity index (χ0n) is 11.5. The van der Waals surface area contributed by atoms with E-state index >= 15 is 0 Å². The van der Waals surface area contributed by atoms with E-state index in [0.717, 1.165) is 37.1 Å². The van der Waals surface area contributed by atoms with Crippen molar-refractivity contribution in [3.63, 3.8) is 0 Å². The number of thioether (sulfide) groups is 2. The predicted octanol–water partition coefficient (Wildman–Crippen LogP) is 6.00. The fraction of sp³-hybridized carbons (Fsp3) is 0.125. The van der Waals surface area contributed by atoms with Crippen molar-refractivity contribution in [2.45, 2.75) is 11.5 Å². The van der Waals surface area contributed by atoms with Gasteiger partial charge in [0.1, 0.15) is 4.38 Å². The van der Waals surface area contributed by atoms with Gasteiger partial charge in [-0.3, -0.25) is 0 Å². The highest BCUT2D eigenvalue weighted by atomic mass is 35.5. The maximum absolute atomic E-state index is 8.80. The molecule has 0 spiro atoms. The van der Waals surface area contributed by atoms with Gasteiger partial charge in [0.25, 0.3) is 0 Å². The lowest BCUT2D eigenvalue weighted by atomic mass is 10.2. The van der Waals surface area contributed by atoms with Gasteiger partial charge in [0, 0.05) is 21.6 Å². The fourth-order valence-corrected chi connectivity index (χ4v) is 3.71. The summed E-state index contributed by atoms with van der Waals surface area (Å²) in [6.45, 7) is 0. The monoisotopic (exact) mass is 366 g/mol. The summed E-state index contributed by atoms with van der Waals surface area (Å²) in [6.07, 6.45) is 1.86. The topological polar surface area (TPSA) is 36.1 Å². The summed E-state index contributed by atoms with van der Waals surface area (Å²) in [7, 11) is 0. The zero-order chi connectivity index (χ0) is 15.8. The van der Waals surface area contributed by atoms with Crippen LogP contribution in [0, 0.1) is 11.5 Å². The van der Waals surface area contributed by atoms with E-state index in [1.54, 1.807) is 23.5 Å². The minimum atomic E-state index is 0.719. The molecule has 2 aromatic carbocycles. The van der Waals surface area contributed by atoms with Crippen LogP contribution in [0.5, 0.6) is 0 Å². The molecule has 0 heterocycles. The predicted molar refractivity (Wildman–Crippen MR) is 98.5 cm³/mol. The average Bonchev–Trinajstić information content (AvgIpc) is 2.53. The van der Waals surface area contributed by atoms with E-state index in [1.807, 2.05) is 54.7 Å². The highest BCUT2D eigenvalue weighted by Gasteiger charge is 2.04. The molecule has 0 aliphatic rings. The Labute approximate surface area is 148 Å². The van der Waals surface area contributed by atoms with E-state index in [0.29, 0.717) is 0 Å². The first-order valence-corrected chi connectivity index (χ1v) is 9.11. The van der Waals surface area contributed by atoms with Crippen molar-refractivity contribution in [2.24, 2.45) is 4.99 Å². The summed E-state index contributed by atoms with van der Waals surface area (Å²) in [5.74, 6) is 1.51. The van der Waals surface area contributed by atoms with Gasteiger partial charge in [-0.05, 0) is 35.4 Å². The Morgan fingerprint density at radius 2 is 1.27 bits per heavy atom. The van der Waals surface area contributed by atoms with Crippen LogP contribution in [-0.2, 0) is 11.5 Å². The molecule has 0 saturated carbocycles. The van der Waals surface area contributed by atoms with Gasteiger partial charge in [-0.15, -0.1) is 0 Å². The van der Waals surface area contributed by atoms with Gasteiger partial charge < -0.3 is 0 Å². The standard InChI is InChI=1S/C16H12Cl2N2S2/c17-14-5-1-12(2-6-14)9-21-16(20-11-19)22-10-13-3-7-15(18)8-4-13/h1-8H,9-10H2. The summed E-state index contributed by atoms with van der Waals surface area (Å²) in [5, 5.41) is 10.2. The second-order valence-electron chi connectivity index (χ2n) is 4.31. The van der Waals surface area contributed by atoms with Gasteiger partial charge >= 0.3 is 0 Å². The lowest BCUT2D eigenvalue weighted by Gasteiger charge is -2.05. The third-order valence-electron chi connectivity index (χ3n) is 2.69. The third-order valence-corrected chi connectivity index (χ3v) is 5.54. The number of nitrogens with zero attached hydrogens (tertiary/aromatic N) is 2. The summed E-state index contributed by atoms with van der Waals surface area (Å²) >= 11 is 14.8. The van der Waals surface area contributed by atoms with Crippen molar-refractivity contribution in [1.29, 1.82) is 5.26 Å². The van der Waals surface area contributed by atoms with Crippen LogP contribution in [-0.4, -0.2) is 4.38 Å². The van der Waals surface area contributed by atoms with Crippen LogP contribution in [0.15, 0.2) is 53.5 Å². The van der Waals surface area contributed by atoms with Gasteiger partial charge in [-0.1, -0.05) is 71.0 Å². The molecule has 0 unspecified atom stereocenters. The number of halogens is 2. The first-order valence-electron chi connectivity index (χ1n) is 6.38. The van der Waals surface area contributed by atoms with Gasteiger partial charge in [0.05, 0.1) is 0 Å². The Balaban J connectivity index is 1.90. The molecular weight excluding hydrogens is 355 g/mol. The van der Waals surface area contributed by atoms with Gasteiger partial charge in [-0.25, -0.2) is 0 Å². The molecule has 0 bridgehead atoms. The summed E-state index contributed by atoms with van der Waals surface area (Å²) in [4.78, 5) is 3.89. The molecule has 22 heavy (non-hydrogen) atoms. The molecule has 2 rings (SSSR count). The Morgan fingerprint density at radius 1 is 0.864 bits per heavy atom. The van der Waals surface area contributed by atoms with E-state index in [9.17, 15) is 0 Å². The van der Waals surface area contributed by atoms with Gasteiger partial charge in [0.15, 0.2) is 0 Å². The summed E-state index contributed by atoms with van der Waals surface area (Å²) < 4.78 is 0.757. The quantitative estimate of drug-likeness (QED) is 0.378. The molecule has 0 saturated heterocycles. The van der Waals surface area contributed by atoms with Crippen LogP contribution in [0.3, 0.4) is 0 Å². The Morgan fingerprint density at radius 3 is 1.64 bits per heavy atom. The summed E-state index contributed by atoms with van der Waals surface area (Å²) in [6, 6.07) is 15.3. The maximum Gasteiger partial charge on any atom is 0.207 e. The minimum Gasteiger partial charge on any atom is -0.170 e. The third kappa shape index (κ3) is 5.94. The van der Waals surface area contributed by atoms with Crippen molar-refractivity contribution in [1.82, 2.24) is 0 Å². The molecule has 0 fully saturated rings. The highest BCUT2D eigenvalue weighted by molar-refractivity contribution is 8.38. The molecule has 0 amide bonds. The van der Waals surface area contributed by atoms with E-state index in [2.05, 4.69) is 4.99 Å². The largest absolute Gasteiger partial charge is 0.207 e. The molecular formula is C16H12Cl2N2S2. The van der Waals surface area contributed by atoms with E-state index in [-0.39, 0.29) is 0 Å². The van der Waals surface area contributed by atoms with Crippen LogP contribution < -0.4 is 0 Å². The SMILES string of the molecule is N#CN=C(SCc1ccc(Cl)cc1)SCc1ccc(Cl)cc1. The van der Waals surface area contributed by atoms with Crippen LogP contribution in [0.4, 0.5) is 0 Å². The van der Waals surface area contributed by atoms with Crippen molar-refractivity contribution in [3.8, 4) is 6.19 Å². The Hall–Kier alpha value is -1.12. The lowest BCUT2D eigenvalue weighted by Crippen LogP contribution is -1.90. The number of aliphatic imine (C=N–C) groups is 1. The second kappa shape index (κ2) is 9.12. The second-order valence-corrected chi connectivity index (χ2v) is 7.37. The molecule has 0 aliphatic heterocycles. The molecule has 0 aromatic heterocycles. The van der Waals surface area contributed by atoms with Gasteiger partial charge in [-0.2, -0.15) is 10.3 Å². The lowest BCUT2D eigenvalue weighted by molar-refractivity contribution is 1.42. The summed E-state index contributed by atoms with van der Waals surface area (Å²) in [5.41, 5.74) is 2.29. The number of benzene rings is 2. The highest BCUT2D eigenvalue weighted by Crippen LogP contribution is 2.25. The van der Waals surface area contributed by atoms with Crippen molar-refractivity contribution >= 4 is 51.1 Å².